The number of benzene rings is 2. The first-order chi connectivity index (χ1) is 15.2. The Hall–Kier alpha value is -3.58. The van der Waals surface area contributed by atoms with Crippen LogP contribution in [0.1, 0.15) is 6.42 Å². The average molecular weight is 418 g/mol. The van der Waals surface area contributed by atoms with Crippen LogP contribution < -0.4 is 10.1 Å². The summed E-state index contributed by atoms with van der Waals surface area (Å²) in [7, 11) is 3.29. The van der Waals surface area contributed by atoms with E-state index in [-0.39, 0.29) is 5.82 Å². The lowest BCUT2D eigenvalue weighted by Crippen LogP contribution is -2.08. The average Bonchev–Trinajstić information content (AvgIpc) is 2.82. The number of rotatable bonds is 8. The van der Waals surface area contributed by atoms with Crippen molar-refractivity contribution in [3.05, 3.63) is 66.7 Å². The van der Waals surface area contributed by atoms with Gasteiger partial charge in [-0.1, -0.05) is 12.1 Å². The highest BCUT2D eigenvalue weighted by Crippen LogP contribution is 2.35. The second-order valence-corrected chi connectivity index (χ2v) is 6.99. The Labute approximate surface area is 180 Å². The second kappa shape index (κ2) is 9.49. The van der Waals surface area contributed by atoms with Gasteiger partial charge in [0.05, 0.1) is 7.11 Å². The van der Waals surface area contributed by atoms with Crippen LogP contribution in [0.3, 0.4) is 0 Å². The van der Waals surface area contributed by atoms with Gasteiger partial charge in [0.2, 0.25) is 0 Å². The molecule has 0 unspecified atom stereocenters. The fourth-order valence-corrected chi connectivity index (χ4v) is 3.35. The van der Waals surface area contributed by atoms with Gasteiger partial charge in [0.15, 0.2) is 5.82 Å². The van der Waals surface area contributed by atoms with E-state index in [4.69, 9.17) is 19.4 Å². The van der Waals surface area contributed by atoms with Gasteiger partial charge >= 0.3 is 0 Å². The van der Waals surface area contributed by atoms with Crippen LogP contribution in [0, 0.1) is 5.82 Å². The van der Waals surface area contributed by atoms with Crippen molar-refractivity contribution in [3.63, 3.8) is 0 Å². The van der Waals surface area contributed by atoms with Gasteiger partial charge in [0, 0.05) is 43.6 Å². The van der Waals surface area contributed by atoms with Gasteiger partial charge in [-0.15, -0.1) is 0 Å². The minimum atomic E-state index is -0.276. The van der Waals surface area contributed by atoms with Crippen molar-refractivity contribution >= 4 is 16.7 Å². The molecule has 4 rings (SSSR count). The zero-order valence-corrected chi connectivity index (χ0v) is 17.4. The predicted octanol–water partition coefficient (Wildman–Crippen LogP) is 4.95. The summed E-state index contributed by atoms with van der Waals surface area (Å²) in [6.07, 6.45) is 4.28. The topological polar surface area (TPSA) is 69.2 Å². The molecule has 1 N–H and O–H groups in total. The first kappa shape index (κ1) is 20.7. The molecule has 0 aliphatic rings. The van der Waals surface area contributed by atoms with E-state index in [2.05, 4.69) is 10.3 Å². The summed E-state index contributed by atoms with van der Waals surface area (Å²) in [6.45, 7) is 1.34. The number of aromatic nitrogens is 3. The number of fused-ring (bicyclic) bond motifs is 1. The molecule has 2 aromatic heterocycles. The van der Waals surface area contributed by atoms with Crippen molar-refractivity contribution in [2.45, 2.75) is 6.42 Å². The molecule has 7 heteroatoms. The Bertz CT molecular complexity index is 1170. The third-order valence-electron chi connectivity index (χ3n) is 4.90. The molecular formula is C24H23FN4O2. The van der Waals surface area contributed by atoms with Gasteiger partial charge < -0.3 is 14.8 Å². The molecule has 31 heavy (non-hydrogen) atoms. The van der Waals surface area contributed by atoms with E-state index in [0.29, 0.717) is 36.1 Å². The maximum absolute atomic E-state index is 13.4. The Morgan fingerprint density at radius 1 is 0.968 bits per heavy atom. The molecule has 0 saturated carbocycles. The van der Waals surface area contributed by atoms with Crippen LogP contribution in [0.15, 0.2) is 60.9 Å². The normalized spacial score (nSPS) is 10.9. The highest BCUT2D eigenvalue weighted by molar-refractivity contribution is 5.97. The maximum Gasteiger partial charge on any atom is 0.163 e. The molecule has 0 aliphatic carbocycles. The first-order valence-corrected chi connectivity index (χ1v) is 9.98. The van der Waals surface area contributed by atoms with Gasteiger partial charge in [-0.2, -0.15) is 0 Å². The van der Waals surface area contributed by atoms with Crippen LogP contribution in [0.25, 0.3) is 33.4 Å². The summed E-state index contributed by atoms with van der Waals surface area (Å²) in [4.78, 5) is 13.7. The molecule has 0 fully saturated rings. The molecular weight excluding hydrogens is 395 g/mol. The van der Waals surface area contributed by atoms with Gasteiger partial charge in [0.1, 0.15) is 22.9 Å². The molecule has 6 nitrogen and oxygen atoms in total. The molecule has 0 bridgehead atoms. The van der Waals surface area contributed by atoms with Crippen LogP contribution in [0.2, 0.25) is 0 Å². The summed E-state index contributed by atoms with van der Waals surface area (Å²) in [6, 6.07) is 14.0. The number of methoxy groups -OCH3 is 2. The Kier molecular flexibility index (Phi) is 6.33. The van der Waals surface area contributed by atoms with Crippen LogP contribution >= 0.6 is 0 Å². The Morgan fingerprint density at radius 3 is 2.52 bits per heavy atom. The van der Waals surface area contributed by atoms with Crippen molar-refractivity contribution in [2.24, 2.45) is 0 Å². The monoisotopic (exact) mass is 418 g/mol. The summed E-state index contributed by atoms with van der Waals surface area (Å²) in [5.41, 5.74) is 3.27. The van der Waals surface area contributed by atoms with Crippen molar-refractivity contribution in [1.29, 1.82) is 0 Å². The van der Waals surface area contributed by atoms with Crippen molar-refractivity contribution in [2.75, 3.05) is 32.7 Å². The van der Waals surface area contributed by atoms with E-state index >= 15 is 0 Å². The number of halogens is 1. The predicted molar refractivity (Wildman–Crippen MR) is 120 cm³/mol. The van der Waals surface area contributed by atoms with Crippen LogP contribution in [-0.2, 0) is 4.74 Å². The zero-order chi connectivity index (χ0) is 21.6. The molecule has 0 spiro atoms. The summed E-state index contributed by atoms with van der Waals surface area (Å²) < 4.78 is 24.2. The van der Waals surface area contributed by atoms with Crippen molar-refractivity contribution in [3.8, 4) is 28.3 Å². The molecule has 158 valence electrons. The standard InChI is InChI=1S/C24H23FN4O2/c1-30-12-4-11-27-24-20-13-18(16-6-8-19(25)9-7-16)14-21(31-2)22(20)28-23(29-24)17-5-3-10-26-15-17/h3,5-10,13-15H,4,11-12H2,1-2H3,(H,27,28,29). The number of anilines is 1. The summed E-state index contributed by atoms with van der Waals surface area (Å²) >= 11 is 0. The smallest absolute Gasteiger partial charge is 0.163 e. The van der Waals surface area contributed by atoms with E-state index in [1.54, 1.807) is 38.7 Å². The van der Waals surface area contributed by atoms with Crippen LogP contribution in [0.4, 0.5) is 10.2 Å². The number of nitrogens with one attached hydrogen (secondary N) is 1. The van der Waals surface area contributed by atoms with Crippen LogP contribution in [-0.4, -0.2) is 42.3 Å². The summed E-state index contributed by atoms with van der Waals surface area (Å²) in [5, 5.41) is 4.23. The second-order valence-electron chi connectivity index (χ2n) is 6.99. The number of hydrogen-bond acceptors (Lipinski definition) is 6. The first-order valence-electron chi connectivity index (χ1n) is 9.98. The fraction of sp³-hybridized carbons (Fsp3) is 0.208. The molecule has 0 aliphatic heterocycles. The fourth-order valence-electron chi connectivity index (χ4n) is 3.35. The van der Waals surface area contributed by atoms with E-state index in [9.17, 15) is 4.39 Å². The van der Waals surface area contributed by atoms with Gasteiger partial charge in [-0.05, 0) is 53.9 Å². The molecule has 0 saturated heterocycles. The number of pyridine rings is 1. The van der Waals surface area contributed by atoms with Crippen molar-refractivity contribution < 1.29 is 13.9 Å². The van der Waals surface area contributed by atoms with E-state index in [1.165, 1.54) is 12.1 Å². The highest BCUT2D eigenvalue weighted by Gasteiger charge is 2.15. The molecule has 4 aromatic rings. The van der Waals surface area contributed by atoms with E-state index < -0.39 is 0 Å². The lowest BCUT2D eigenvalue weighted by Gasteiger charge is -2.15. The molecule has 0 amide bonds. The molecule has 0 radical (unpaired) electrons. The number of hydrogen-bond donors (Lipinski definition) is 1. The third kappa shape index (κ3) is 4.62. The number of nitrogens with zero attached hydrogens (tertiary/aromatic N) is 3. The lowest BCUT2D eigenvalue weighted by molar-refractivity contribution is 0.198. The largest absolute Gasteiger partial charge is 0.494 e. The summed E-state index contributed by atoms with van der Waals surface area (Å²) in [5.74, 6) is 1.59. The quantitative estimate of drug-likeness (QED) is 0.408. The maximum atomic E-state index is 13.4. The Balaban J connectivity index is 1.87. The number of ether oxygens (including phenoxy) is 2. The molecule has 2 aromatic carbocycles. The minimum absolute atomic E-state index is 0.276. The third-order valence-corrected chi connectivity index (χ3v) is 4.90. The van der Waals surface area contributed by atoms with Gasteiger partial charge in [-0.25, -0.2) is 14.4 Å². The van der Waals surface area contributed by atoms with E-state index in [0.717, 1.165) is 28.5 Å². The Morgan fingerprint density at radius 2 is 1.81 bits per heavy atom. The zero-order valence-electron chi connectivity index (χ0n) is 17.4. The van der Waals surface area contributed by atoms with Gasteiger partial charge in [0.25, 0.3) is 0 Å². The molecule has 0 atom stereocenters. The molecule has 2 heterocycles. The van der Waals surface area contributed by atoms with Crippen LogP contribution in [0.5, 0.6) is 5.75 Å². The van der Waals surface area contributed by atoms with Crippen molar-refractivity contribution in [1.82, 2.24) is 15.0 Å². The lowest BCUT2D eigenvalue weighted by atomic mass is 10.0. The minimum Gasteiger partial charge on any atom is -0.494 e. The highest BCUT2D eigenvalue weighted by atomic mass is 19.1. The van der Waals surface area contributed by atoms with E-state index in [1.807, 2.05) is 24.3 Å². The SMILES string of the molecule is COCCCNc1nc(-c2cccnc2)nc2c(OC)cc(-c3ccc(F)cc3)cc12. The van der Waals surface area contributed by atoms with Gasteiger partial charge in [-0.3, -0.25) is 4.98 Å².